The zero-order chi connectivity index (χ0) is 17.2. The zero-order valence-electron chi connectivity index (χ0n) is 14.0. The van der Waals surface area contributed by atoms with Crippen LogP contribution in [-0.4, -0.2) is 21.5 Å². The first-order chi connectivity index (χ1) is 12.2. The summed E-state index contributed by atoms with van der Waals surface area (Å²) in [5.41, 5.74) is 1.54. The second-order valence-corrected chi connectivity index (χ2v) is 6.30. The Hall–Kier alpha value is -2.76. The molecule has 2 aromatic heterocycles. The topological polar surface area (TPSA) is 55.1 Å². The van der Waals surface area contributed by atoms with Gasteiger partial charge in [0.1, 0.15) is 29.8 Å². The third-order valence-electron chi connectivity index (χ3n) is 4.52. The van der Waals surface area contributed by atoms with Crippen LogP contribution in [0.5, 0.6) is 0 Å². The molecule has 0 radical (unpaired) electrons. The summed E-state index contributed by atoms with van der Waals surface area (Å²) in [6.07, 6.45) is 5.70. The Labute approximate surface area is 145 Å². The molecule has 128 valence electrons. The van der Waals surface area contributed by atoms with Crippen molar-refractivity contribution < 1.29 is 8.81 Å². The molecule has 6 heteroatoms. The van der Waals surface area contributed by atoms with Gasteiger partial charge in [-0.15, -0.1) is 0 Å². The molecule has 1 aliphatic rings. The first-order valence-corrected chi connectivity index (χ1v) is 8.44. The van der Waals surface area contributed by atoms with E-state index in [2.05, 4.69) is 19.9 Å². The zero-order valence-corrected chi connectivity index (χ0v) is 14.0. The predicted molar refractivity (Wildman–Crippen MR) is 91.8 cm³/mol. The van der Waals surface area contributed by atoms with Gasteiger partial charge in [0.05, 0.1) is 6.20 Å². The van der Waals surface area contributed by atoms with Crippen molar-refractivity contribution in [3.05, 3.63) is 71.6 Å². The molecule has 0 bridgehead atoms. The molecule has 3 aromatic rings. The van der Waals surface area contributed by atoms with E-state index in [-0.39, 0.29) is 11.9 Å². The van der Waals surface area contributed by atoms with Gasteiger partial charge >= 0.3 is 0 Å². The Morgan fingerprint density at radius 2 is 2.12 bits per heavy atom. The Kier molecular flexibility index (Phi) is 4.17. The first-order valence-electron chi connectivity index (χ1n) is 8.44. The van der Waals surface area contributed by atoms with E-state index in [4.69, 9.17) is 4.42 Å². The molecule has 1 fully saturated rings. The molecule has 3 heterocycles. The van der Waals surface area contributed by atoms with Gasteiger partial charge in [-0.3, -0.25) is 0 Å². The number of halogens is 1. The van der Waals surface area contributed by atoms with E-state index in [0.717, 1.165) is 30.9 Å². The van der Waals surface area contributed by atoms with E-state index < -0.39 is 0 Å². The molecule has 0 amide bonds. The minimum Gasteiger partial charge on any atom is -0.443 e. The van der Waals surface area contributed by atoms with E-state index in [1.165, 1.54) is 6.07 Å². The maximum atomic E-state index is 13.8. The van der Waals surface area contributed by atoms with Crippen LogP contribution in [0.4, 0.5) is 10.2 Å². The molecule has 1 aliphatic heterocycles. The van der Waals surface area contributed by atoms with Crippen LogP contribution in [0.15, 0.2) is 47.3 Å². The van der Waals surface area contributed by atoms with Gasteiger partial charge in [0.25, 0.3) is 0 Å². The molecule has 1 atom stereocenters. The Balaban J connectivity index is 1.56. The average molecular weight is 338 g/mol. The number of hydrogen-bond donors (Lipinski definition) is 0. The maximum Gasteiger partial charge on any atom is 0.217 e. The third-order valence-corrected chi connectivity index (χ3v) is 4.52. The van der Waals surface area contributed by atoms with E-state index in [1.807, 2.05) is 19.1 Å². The van der Waals surface area contributed by atoms with Crippen molar-refractivity contribution in [1.82, 2.24) is 15.0 Å². The van der Waals surface area contributed by atoms with Crippen molar-refractivity contribution in [2.75, 3.05) is 11.4 Å². The van der Waals surface area contributed by atoms with Gasteiger partial charge in [0.15, 0.2) is 0 Å². The molecule has 4 rings (SSSR count). The largest absolute Gasteiger partial charge is 0.443 e. The molecule has 0 spiro atoms. The number of aromatic nitrogens is 3. The van der Waals surface area contributed by atoms with Gasteiger partial charge in [-0.25, -0.2) is 19.3 Å². The quantitative estimate of drug-likeness (QED) is 0.723. The summed E-state index contributed by atoms with van der Waals surface area (Å²) >= 11 is 0. The Bertz CT molecular complexity index is 879. The summed E-state index contributed by atoms with van der Waals surface area (Å²) in [7, 11) is 0. The predicted octanol–water partition coefficient (Wildman–Crippen LogP) is 3.84. The number of aryl methyl sites for hydroxylation is 1. The molecule has 0 saturated carbocycles. The smallest absolute Gasteiger partial charge is 0.217 e. The second-order valence-electron chi connectivity index (χ2n) is 6.30. The summed E-state index contributed by atoms with van der Waals surface area (Å²) in [5.74, 6) is 2.01. The summed E-state index contributed by atoms with van der Waals surface area (Å²) < 4.78 is 19.8. The fourth-order valence-electron chi connectivity index (χ4n) is 3.28. The lowest BCUT2D eigenvalue weighted by Crippen LogP contribution is -2.23. The fourth-order valence-corrected chi connectivity index (χ4v) is 3.28. The summed E-state index contributed by atoms with van der Waals surface area (Å²) in [5, 5.41) is 0. The molecule has 1 unspecified atom stereocenters. The van der Waals surface area contributed by atoms with Crippen LogP contribution in [0.2, 0.25) is 0 Å². The highest BCUT2D eigenvalue weighted by Gasteiger charge is 2.31. The average Bonchev–Trinajstić information content (AvgIpc) is 3.26. The van der Waals surface area contributed by atoms with Crippen molar-refractivity contribution >= 4 is 5.82 Å². The van der Waals surface area contributed by atoms with Gasteiger partial charge in [0, 0.05) is 24.7 Å². The highest BCUT2D eigenvalue weighted by molar-refractivity contribution is 5.42. The molecular formula is C19H19FN4O. The number of rotatable bonds is 4. The van der Waals surface area contributed by atoms with Crippen LogP contribution in [-0.2, 0) is 6.42 Å². The minimum atomic E-state index is -0.223. The molecule has 0 aliphatic carbocycles. The van der Waals surface area contributed by atoms with Gasteiger partial charge < -0.3 is 9.32 Å². The summed E-state index contributed by atoms with van der Waals surface area (Å²) in [6.45, 7) is 2.86. The van der Waals surface area contributed by atoms with Crippen molar-refractivity contribution in [2.24, 2.45) is 0 Å². The first kappa shape index (κ1) is 15.7. The number of anilines is 1. The van der Waals surface area contributed by atoms with E-state index in [1.54, 1.807) is 24.7 Å². The number of benzene rings is 1. The normalized spacial score (nSPS) is 17.2. The van der Waals surface area contributed by atoms with Crippen LogP contribution in [0, 0.1) is 12.7 Å². The van der Waals surface area contributed by atoms with Crippen molar-refractivity contribution in [1.29, 1.82) is 0 Å². The lowest BCUT2D eigenvalue weighted by Gasteiger charge is -2.23. The highest BCUT2D eigenvalue weighted by atomic mass is 19.1. The number of oxazole rings is 1. The van der Waals surface area contributed by atoms with Gasteiger partial charge in [-0.05, 0) is 31.4 Å². The fraction of sp³-hybridized carbons (Fsp3) is 0.316. The minimum absolute atomic E-state index is 0.0590. The molecule has 5 nitrogen and oxygen atoms in total. The molecule has 1 saturated heterocycles. The molecular weight excluding hydrogens is 319 g/mol. The number of nitrogens with zero attached hydrogens (tertiary/aromatic N) is 4. The Morgan fingerprint density at radius 1 is 1.24 bits per heavy atom. The van der Waals surface area contributed by atoms with Crippen molar-refractivity contribution in [3.8, 4) is 0 Å². The van der Waals surface area contributed by atoms with Crippen LogP contribution < -0.4 is 4.90 Å². The molecule has 1 aromatic carbocycles. The molecule has 0 N–H and O–H groups in total. The van der Waals surface area contributed by atoms with Crippen molar-refractivity contribution in [3.63, 3.8) is 0 Å². The second kappa shape index (κ2) is 6.63. The lowest BCUT2D eigenvalue weighted by molar-refractivity contribution is 0.423. The van der Waals surface area contributed by atoms with Gasteiger partial charge in [-0.1, -0.05) is 18.2 Å². The monoisotopic (exact) mass is 338 g/mol. The van der Waals surface area contributed by atoms with Crippen molar-refractivity contribution in [2.45, 2.75) is 32.2 Å². The number of hydrogen-bond acceptors (Lipinski definition) is 5. The van der Waals surface area contributed by atoms with E-state index >= 15 is 0 Å². The SMILES string of the molecule is Cc1cc(N2CCCC2c2ncc(Cc3ccccc3F)o2)ncn1. The van der Waals surface area contributed by atoms with Crippen LogP contribution in [0.25, 0.3) is 0 Å². The molecule has 25 heavy (non-hydrogen) atoms. The van der Waals surface area contributed by atoms with Crippen LogP contribution in [0.1, 0.15) is 41.8 Å². The Morgan fingerprint density at radius 3 is 2.96 bits per heavy atom. The highest BCUT2D eigenvalue weighted by Crippen LogP contribution is 2.35. The lowest BCUT2D eigenvalue weighted by atomic mass is 10.1. The van der Waals surface area contributed by atoms with Gasteiger partial charge in [-0.2, -0.15) is 0 Å². The van der Waals surface area contributed by atoms with Crippen LogP contribution in [0.3, 0.4) is 0 Å². The third kappa shape index (κ3) is 3.24. The maximum absolute atomic E-state index is 13.8. The summed E-state index contributed by atoms with van der Waals surface area (Å²) in [6, 6.07) is 8.77. The van der Waals surface area contributed by atoms with Crippen LogP contribution >= 0.6 is 0 Å². The van der Waals surface area contributed by atoms with Gasteiger partial charge in [0.2, 0.25) is 5.89 Å². The van der Waals surface area contributed by atoms with E-state index in [0.29, 0.717) is 23.6 Å². The standard InChI is InChI=1S/C19H19FN4O/c1-13-9-18(23-12-22-13)24-8-4-7-17(24)19-21-11-15(25-19)10-14-5-2-3-6-16(14)20/h2-3,5-6,9,11-12,17H,4,7-8,10H2,1H3. The summed E-state index contributed by atoms with van der Waals surface area (Å²) in [4.78, 5) is 15.2. The van der Waals surface area contributed by atoms with E-state index in [9.17, 15) is 4.39 Å².